The molecule has 278 valence electrons. The molecule has 0 unspecified atom stereocenters. The van der Waals surface area contributed by atoms with Gasteiger partial charge in [-0.05, 0) is 94.8 Å². The average Bonchev–Trinajstić information content (AvgIpc) is 3.99. The van der Waals surface area contributed by atoms with E-state index in [1.165, 1.54) is 51.9 Å². The number of aliphatic carboxylic acids is 1. The quantitative estimate of drug-likeness (QED) is 0.0857. The molecule has 0 aromatic carbocycles. The van der Waals surface area contributed by atoms with Crippen molar-refractivity contribution in [3.63, 3.8) is 0 Å². The first-order valence-electron chi connectivity index (χ1n) is 17.6. The Morgan fingerprint density at radius 2 is 1.33 bits per heavy atom. The third-order valence-corrected chi connectivity index (χ3v) is 8.10. The van der Waals surface area contributed by atoms with Gasteiger partial charge in [0, 0.05) is 49.9 Å². The van der Waals surface area contributed by atoms with Gasteiger partial charge in [-0.3, -0.25) is 29.8 Å². The van der Waals surface area contributed by atoms with Gasteiger partial charge in [0.15, 0.2) is 5.82 Å². The monoisotopic (exact) mass is 819 g/mol. The van der Waals surface area contributed by atoms with E-state index in [-0.39, 0.29) is 5.91 Å². The van der Waals surface area contributed by atoms with Crippen LogP contribution in [-0.4, -0.2) is 116 Å². The number of amides is 1. The number of halogens is 1. The Morgan fingerprint density at radius 3 is 1.80 bits per heavy atom. The van der Waals surface area contributed by atoms with Crippen molar-refractivity contribution in [1.82, 2.24) is 40.2 Å². The minimum Gasteiger partial charge on any atom is -0.495 e. The van der Waals surface area contributed by atoms with E-state index in [1.54, 1.807) is 51.1 Å². The number of nitrogens with two attached hydrogens (primary N) is 1. The highest BCUT2D eigenvalue weighted by Crippen LogP contribution is 2.23. The van der Waals surface area contributed by atoms with E-state index in [2.05, 4.69) is 45.5 Å². The number of nitrogen functional groups attached to an aromatic ring is 1. The number of aromatic amines is 2. The third kappa shape index (κ3) is 15.2. The predicted octanol–water partition coefficient (Wildman–Crippen LogP) is 5.36. The lowest BCUT2D eigenvalue weighted by molar-refractivity contribution is -0.137. The zero-order valence-electron chi connectivity index (χ0n) is 30.4. The second-order valence-electron chi connectivity index (χ2n) is 11.8. The molecular weight excluding hydrogens is 767 g/mol. The lowest BCUT2D eigenvalue weighted by Gasteiger charge is -2.13. The van der Waals surface area contributed by atoms with Crippen LogP contribution in [0.25, 0.3) is 22.5 Å². The summed E-state index contributed by atoms with van der Waals surface area (Å²) in [7, 11) is 3.20. The molecule has 6 N–H and O–H groups in total. The lowest BCUT2D eigenvalue weighted by Crippen LogP contribution is -2.22. The minimum atomic E-state index is -0.677. The number of methoxy groups -OCH3 is 2. The number of nitrogens with one attached hydrogen (secondary N) is 3. The number of carboxylic acid groups (broad SMARTS) is 1. The topological polar surface area (TPSA) is 200 Å². The van der Waals surface area contributed by atoms with Crippen molar-refractivity contribution >= 4 is 46.1 Å². The van der Waals surface area contributed by atoms with E-state index in [4.69, 9.17) is 21.7 Å². The molecule has 15 nitrogen and oxygen atoms in total. The van der Waals surface area contributed by atoms with Crippen LogP contribution in [-0.2, 0) is 9.59 Å². The summed E-state index contributed by atoms with van der Waals surface area (Å²) < 4.78 is 16.4. The smallest absolute Gasteiger partial charge is 0.303 e. The van der Waals surface area contributed by atoms with Gasteiger partial charge in [-0.2, -0.15) is 10.2 Å². The normalized spacial score (nSPS) is 14.1. The largest absolute Gasteiger partial charge is 0.495 e. The van der Waals surface area contributed by atoms with E-state index < -0.39 is 5.97 Å². The van der Waals surface area contributed by atoms with Crippen molar-refractivity contribution in [2.75, 3.05) is 69.4 Å². The third-order valence-electron chi connectivity index (χ3n) is 8.10. The first kappa shape index (κ1) is 39.5. The standard InChI is InChI=1S/C17H23N5O2.C9H10N4O.C8H15NO2.CH3I/c1-24-14-9-13(11-18-12-14)15-10-16(21-20-15)19-17(23)5-4-8-22-6-2-3-7-22;1-14-7-2-6(4-11-5-7)8-3-9(10)13-12-8;10-8(11)4-3-7-9-5-1-2-6-9;1-2/h9-12H,2-8H2,1H3,(H2,19,20,21,23);2-5H,1H3,(H3,10,12,13);1-7H2,(H,10,11);1H3/i;;;1D. The SMILES string of the molecule is COc1cncc(-c2cc(N)n[nH]2)c1.COc1cncc(-c2cc(NC(=O)CCCN3CCCC3)n[nH]2)c1.O=C(O)CCCN1CCCC1.[2H]CI. The van der Waals surface area contributed by atoms with Crippen molar-refractivity contribution in [2.45, 2.75) is 51.4 Å². The molecule has 51 heavy (non-hydrogen) atoms. The number of nitrogens with zero attached hydrogens (tertiary/aromatic N) is 6. The highest BCUT2D eigenvalue weighted by molar-refractivity contribution is 14.1. The van der Waals surface area contributed by atoms with Gasteiger partial charge in [-0.1, -0.05) is 22.6 Å². The summed E-state index contributed by atoms with van der Waals surface area (Å²) in [6, 6.07) is 7.27. The molecule has 4 aromatic heterocycles. The molecule has 0 radical (unpaired) electrons. The van der Waals surface area contributed by atoms with Crippen LogP contribution in [0.15, 0.2) is 49.1 Å². The van der Waals surface area contributed by atoms with Gasteiger partial charge in [0.2, 0.25) is 5.91 Å². The van der Waals surface area contributed by atoms with Gasteiger partial charge in [0.25, 0.3) is 0 Å². The number of rotatable bonds is 13. The van der Waals surface area contributed by atoms with Crippen LogP contribution in [0.3, 0.4) is 0 Å². The maximum Gasteiger partial charge on any atom is 0.303 e. The number of aromatic nitrogens is 6. The number of alkyl halides is 1. The van der Waals surface area contributed by atoms with Crippen LogP contribution < -0.4 is 20.5 Å². The fraction of sp³-hybridized carbons (Fsp3) is 0.486. The van der Waals surface area contributed by atoms with E-state index in [0.717, 1.165) is 48.4 Å². The molecule has 6 heterocycles. The van der Waals surface area contributed by atoms with Crippen LogP contribution in [0, 0.1) is 0 Å². The molecular formula is C35H51IN10O5. The maximum atomic E-state index is 12.0. The maximum absolute atomic E-state index is 12.0. The Hall–Kier alpha value is -4.29. The zero-order chi connectivity index (χ0) is 37.6. The average molecular weight is 820 g/mol. The van der Waals surface area contributed by atoms with Gasteiger partial charge in [0.1, 0.15) is 17.3 Å². The Labute approximate surface area is 314 Å². The predicted molar refractivity (Wildman–Crippen MR) is 207 cm³/mol. The molecule has 0 bridgehead atoms. The van der Waals surface area contributed by atoms with Crippen LogP contribution in [0.1, 0.15) is 52.7 Å². The van der Waals surface area contributed by atoms with E-state index in [9.17, 15) is 9.59 Å². The van der Waals surface area contributed by atoms with E-state index in [0.29, 0.717) is 40.9 Å². The Kier molecular flexibility index (Phi) is 18.0. The number of hydrogen-bond donors (Lipinski definition) is 5. The Bertz CT molecular complexity index is 1610. The van der Waals surface area contributed by atoms with Crippen LogP contribution in [0.5, 0.6) is 11.5 Å². The van der Waals surface area contributed by atoms with Crippen molar-refractivity contribution in [2.24, 2.45) is 0 Å². The molecule has 4 aromatic rings. The lowest BCUT2D eigenvalue weighted by atomic mass is 10.2. The van der Waals surface area contributed by atoms with E-state index in [1.807, 2.05) is 34.7 Å². The van der Waals surface area contributed by atoms with Crippen molar-refractivity contribution in [3.8, 4) is 34.0 Å². The highest BCUT2D eigenvalue weighted by atomic mass is 127. The number of anilines is 2. The van der Waals surface area contributed by atoms with E-state index >= 15 is 0 Å². The number of carbonyl (C=O) groups is 2. The molecule has 0 aliphatic carbocycles. The van der Waals surface area contributed by atoms with Gasteiger partial charge in [-0.25, -0.2) is 0 Å². The number of pyridine rings is 2. The summed E-state index contributed by atoms with van der Waals surface area (Å²) in [6.07, 6.45) is 14.4. The van der Waals surface area contributed by atoms with Gasteiger partial charge in [-0.15, -0.1) is 0 Å². The summed E-state index contributed by atoms with van der Waals surface area (Å²) in [5, 5.41) is 24.9. The van der Waals surface area contributed by atoms with Gasteiger partial charge in [0.05, 0.1) is 38.0 Å². The first-order chi connectivity index (χ1) is 25.2. The molecule has 0 saturated carbocycles. The van der Waals surface area contributed by atoms with Crippen molar-refractivity contribution in [3.05, 3.63) is 49.1 Å². The fourth-order valence-corrected chi connectivity index (χ4v) is 5.51. The summed E-state index contributed by atoms with van der Waals surface area (Å²) in [5.74, 6) is 1.69. The molecule has 2 aliphatic rings. The summed E-state index contributed by atoms with van der Waals surface area (Å²) in [5.41, 5.74) is 8.86. The van der Waals surface area contributed by atoms with Crippen molar-refractivity contribution in [1.29, 1.82) is 0 Å². The summed E-state index contributed by atoms with van der Waals surface area (Å²) >= 11 is 1.96. The Morgan fingerprint density at radius 1 is 0.843 bits per heavy atom. The number of H-pyrrole nitrogens is 2. The zero-order valence-corrected chi connectivity index (χ0v) is 31.6. The molecule has 2 aliphatic heterocycles. The minimum absolute atomic E-state index is 0.00369. The number of hydrogen-bond acceptors (Lipinski definition) is 11. The van der Waals surface area contributed by atoms with Crippen molar-refractivity contribution < 1.29 is 25.5 Å². The summed E-state index contributed by atoms with van der Waals surface area (Å²) in [4.78, 5) is 35.5. The molecule has 0 spiro atoms. The fourth-order valence-electron chi connectivity index (χ4n) is 5.51. The number of carboxylic acids is 1. The molecule has 0 atom stereocenters. The number of carbonyl (C=O) groups excluding carboxylic acids is 1. The molecule has 2 saturated heterocycles. The van der Waals surface area contributed by atoms with Crippen LogP contribution in [0.2, 0.25) is 0 Å². The first-order valence-corrected chi connectivity index (χ1v) is 18.4. The van der Waals surface area contributed by atoms with Crippen LogP contribution in [0.4, 0.5) is 11.6 Å². The number of likely N-dealkylation sites (tertiary alicyclic amines) is 2. The second kappa shape index (κ2) is 23.2. The van der Waals surface area contributed by atoms with Gasteiger partial charge < -0.3 is 35.4 Å². The summed E-state index contributed by atoms with van der Waals surface area (Å²) in [6.45, 7) is 6.62. The molecule has 2 fully saturated rings. The number of ether oxygens (including phenoxy) is 2. The van der Waals surface area contributed by atoms with Gasteiger partial charge >= 0.3 is 5.97 Å². The highest BCUT2D eigenvalue weighted by Gasteiger charge is 2.13. The molecule has 1 amide bonds. The second-order valence-corrected chi connectivity index (χ2v) is 11.8. The van der Waals surface area contributed by atoms with Crippen LogP contribution >= 0.6 is 22.6 Å². The molecule has 6 rings (SSSR count). The Balaban J connectivity index is 0.000000220. The molecule has 16 heteroatoms.